The molecule has 1 aromatic heterocycles. The maximum Gasteiger partial charge on any atom is 0.291 e. The van der Waals surface area contributed by atoms with E-state index in [2.05, 4.69) is 36.2 Å². The number of carbonyl (C=O) groups excluding carboxylic acids is 1. The Balaban J connectivity index is 1.72. The Morgan fingerprint density at radius 3 is 3.00 bits per heavy atom. The van der Waals surface area contributed by atoms with Gasteiger partial charge in [-0.25, -0.2) is 0 Å². The SMILES string of the molecule is Cc1cccc(C2=C=C/C=C(/CNC(=O)c3occc(=O)c3O)C=CC2)c1. The van der Waals surface area contributed by atoms with Crippen LogP contribution in [-0.2, 0) is 0 Å². The molecule has 0 spiro atoms. The Bertz CT molecular complexity index is 1050. The van der Waals surface area contributed by atoms with Crippen LogP contribution in [0.1, 0.15) is 28.1 Å². The van der Waals surface area contributed by atoms with Gasteiger partial charge in [-0.05, 0) is 36.6 Å². The van der Waals surface area contributed by atoms with Gasteiger partial charge in [0.1, 0.15) is 0 Å². The lowest BCUT2D eigenvalue weighted by Crippen LogP contribution is -2.26. The van der Waals surface area contributed by atoms with E-state index < -0.39 is 22.8 Å². The Morgan fingerprint density at radius 1 is 1.33 bits per heavy atom. The van der Waals surface area contributed by atoms with Crippen molar-refractivity contribution in [1.29, 1.82) is 0 Å². The highest BCUT2D eigenvalue weighted by Crippen LogP contribution is 2.20. The van der Waals surface area contributed by atoms with Crippen LogP contribution in [0.3, 0.4) is 0 Å². The van der Waals surface area contributed by atoms with Crippen molar-refractivity contribution >= 4 is 11.5 Å². The number of hydrogen-bond donors (Lipinski definition) is 2. The minimum Gasteiger partial charge on any atom is -0.501 e. The van der Waals surface area contributed by atoms with E-state index in [0.29, 0.717) is 0 Å². The van der Waals surface area contributed by atoms with Crippen LogP contribution in [0.5, 0.6) is 5.75 Å². The minimum absolute atomic E-state index is 0.228. The van der Waals surface area contributed by atoms with E-state index in [1.165, 1.54) is 5.56 Å². The average molecular weight is 361 g/mol. The summed E-state index contributed by atoms with van der Waals surface area (Å²) >= 11 is 0. The van der Waals surface area contributed by atoms with Crippen molar-refractivity contribution < 1.29 is 14.3 Å². The summed E-state index contributed by atoms with van der Waals surface area (Å²) in [4.78, 5) is 23.5. The molecule has 1 aromatic carbocycles. The number of hydrogen-bond acceptors (Lipinski definition) is 4. The van der Waals surface area contributed by atoms with Gasteiger partial charge in [0, 0.05) is 18.2 Å². The molecule has 0 saturated heterocycles. The van der Waals surface area contributed by atoms with Gasteiger partial charge in [-0.15, -0.1) is 5.73 Å². The first-order chi connectivity index (χ1) is 13.0. The zero-order chi connectivity index (χ0) is 19.2. The molecule has 0 fully saturated rings. The Kier molecular flexibility index (Phi) is 5.55. The molecular formula is C22H19NO4. The Morgan fingerprint density at radius 2 is 2.19 bits per heavy atom. The summed E-state index contributed by atoms with van der Waals surface area (Å²) in [6, 6.07) is 9.31. The molecular weight excluding hydrogens is 342 g/mol. The third kappa shape index (κ3) is 4.54. The molecule has 0 saturated carbocycles. The molecule has 0 aliphatic heterocycles. The molecule has 0 unspecified atom stereocenters. The standard InChI is InChI=1S/C22H19NO4/c1-15-5-2-10-18(13-15)17-8-3-6-16(7-4-9-17)14-23-22(26)21-20(25)19(24)11-12-27-21/h2-7,10-13,25H,8,14H2,1H3,(H,23,26)/b6-3?,16-7+. The number of aryl methyl sites for hydroxylation is 1. The van der Waals surface area contributed by atoms with E-state index in [0.717, 1.165) is 35.5 Å². The van der Waals surface area contributed by atoms with Gasteiger partial charge in [-0.1, -0.05) is 42.0 Å². The molecule has 136 valence electrons. The van der Waals surface area contributed by atoms with Crippen LogP contribution >= 0.6 is 0 Å². The molecule has 1 aliphatic carbocycles. The highest BCUT2D eigenvalue weighted by Gasteiger charge is 2.16. The van der Waals surface area contributed by atoms with Crippen molar-refractivity contribution in [3.8, 4) is 5.75 Å². The highest BCUT2D eigenvalue weighted by molar-refractivity contribution is 5.93. The van der Waals surface area contributed by atoms with E-state index in [9.17, 15) is 14.7 Å². The molecule has 27 heavy (non-hydrogen) atoms. The molecule has 1 amide bonds. The first kappa shape index (κ1) is 18.2. The second kappa shape index (κ2) is 8.21. The minimum atomic E-state index is -0.692. The predicted molar refractivity (Wildman–Crippen MR) is 103 cm³/mol. The van der Waals surface area contributed by atoms with Crippen molar-refractivity contribution in [2.24, 2.45) is 0 Å². The quantitative estimate of drug-likeness (QED) is 0.817. The zero-order valence-electron chi connectivity index (χ0n) is 14.9. The van der Waals surface area contributed by atoms with E-state index in [1.807, 2.05) is 30.4 Å². The fourth-order valence-corrected chi connectivity index (χ4v) is 2.68. The average Bonchev–Trinajstić information content (AvgIpc) is 2.63. The van der Waals surface area contributed by atoms with Gasteiger partial charge in [-0.3, -0.25) is 9.59 Å². The van der Waals surface area contributed by atoms with Crippen LogP contribution in [-0.4, -0.2) is 17.6 Å². The first-order valence-electron chi connectivity index (χ1n) is 8.52. The van der Waals surface area contributed by atoms with Crippen molar-refractivity contribution in [2.75, 3.05) is 6.54 Å². The van der Waals surface area contributed by atoms with E-state index in [4.69, 9.17) is 4.42 Å². The summed E-state index contributed by atoms with van der Waals surface area (Å²) < 4.78 is 4.93. The molecule has 0 radical (unpaired) electrons. The first-order valence-corrected chi connectivity index (χ1v) is 8.52. The van der Waals surface area contributed by atoms with Crippen molar-refractivity contribution in [2.45, 2.75) is 13.3 Å². The van der Waals surface area contributed by atoms with Crippen molar-refractivity contribution in [3.63, 3.8) is 0 Å². The molecule has 2 aromatic rings. The molecule has 1 heterocycles. The third-order valence-corrected chi connectivity index (χ3v) is 4.09. The largest absolute Gasteiger partial charge is 0.501 e. The lowest BCUT2D eigenvalue weighted by molar-refractivity contribution is 0.0922. The summed E-state index contributed by atoms with van der Waals surface area (Å²) in [5.74, 6) is -1.74. The van der Waals surface area contributed by atoms with Gasteiger partial charge in [-0.2, -0.15) is 0 Å². The zero-order valence-corrected chi connectivity index (χ0v) is 14.9. The second-order valence-corrected chi connectivity index (χ2v) is 6.15. The van der Waals surface area contributed by atoms with Crippen LogP contribution in [0.15, 0.2) is 81.4 Å². The number of amides is 1. The molecule has 0 atom stereocenters. The van der Waals surface area contributed by atoms with Crippen molar-refractivity contribution in [3.05, 3.63) is 99.3 Å². The summed E-state index contributed by atoms with van der Waals surface area (Å²) in [6.07, 6.45) is 9.41. The van der Waals surface area contributed by atoms with Gasteiger partial charge >= 0.3 is 0 Å². The van der Waals surface area contributed by atoms with E-state index in [-0.39, 0.29) is 6.54 Å². The fourth-order valence-electron chi connectivity index (χ4n) is 2.68. The number of carbonyl (C=O) groups is 1. The number of nitrogens with one attached hydrogen (secondary N) is 1. The number of allylic oxidation sites excluding steroid dienone is 3. The summed E-state index contributed by atoms with van der Waals surface area (Å²) in [6.45, 7) is 2.28. The lowest BCUT2D eigenvalue weighted by atomic mass is 10.00. The van der Waals surface area contributed by atoms with Gasteiger partial charge in [0.25, 0.3) is 5.91 Å². The maximum atomic E-state index is 12.1. The molecule has 5 heteroatoms. The maximum absolute atomic E-state index is 12.1. The highest BCUT2D eigenvalue weighted by atomic mass is 16.4. The van der Waals surface area contributed by atoms with Gasteiger partial charge in [0.2, 0.25) is 16.9 Å². The van der Waals surface area contributed by atoms with Gasteiger partial charge in [0.15, 0.2) is 0 Å². The summed E-state index contributed by atoms with van der Waals surface area (Å²) in [7, 11) is 0. The fraction of sp³-hybridized carbons (Fsp3) is 0.136. The number of aromatic hydroxyl groups is 1. The molecule has 0 bridgehead atoms. The summed E-state index contributed by atoms with van der Waals surface area (Å²) in [5.41, 5.74) is 6.90. The van der Waals surface area contributed by atoms with Gasteiger partial charge < -0.3 is 14.8 Å². The number of benzene rings is 1. The molecule has 2 N–H and O–H groups in total. The molecule has 1 aliphatic rings. The van der Waals surface area contributed by atoms with Crippen LogP contribution in [0.2, 0.25) is 0 Å². The van der Waals surface area contributed by atoms with Crippen LogP contribution in [0.4, 0.5) is 0 Å². The second-order valence-electron chi connectivity index (χ2n) is 6.15. The number of rotatable bonds is 4. The summed E-state index contributed by atoms with van der Waals surface area (Å²) in [5, 5.41) is 12.3. The smallest absolute Gasteiger partial charge is 0.291 e. The normalized spacial score (nSPS) is 15.3. The van der Waals surface area contributed by atoms with Gasteiger partial charge in [0.05, 0.1) is 6.26 Å². The third-order valence-electron chi connectivity index (χ3n) is 4.09. The topological polar surface area (TPSA) is 79.5 Å². The van der Waals surface area contributed by atoms with Crippen LogP contribution in [0, 0.1) is 6.92 Å². The molecule has 3 rings (SSSR count). The van der Waals surface area contributed by atoms with E-state index in [1.54, 1.807) is 0 Å². The Hall–Kier alpha value is -3.56. The lowest BCUT2D eigenvalue weighted by Gasteiger charge is -2.08. The molecule has 5 nitrogen and oxygen atoms in total. The Labute approximate surface area is 156 Å². The predicted octanol–water partition coefficient (Wildman–Crippen LogP) is 3.51. The van der Waals surface area contributed by atoms with E-state index >= 15 is 0 Å². The van der Waals surface area contributed by atoms with Crippen LogP contribution in [0.25, 0.3) is 5.57 Å². The monoisotopic (exact) mass is 361 g/mol. The van der Waals surface area contributed by atoms with Crippen LogP contribution < -0.4 is 10.7 Å². The van der Waals surface area contributed by atoms with Crippen molar-refractivity contribution in [1.82, 2.24) is 5.32 Å².